The number of aromatic nitrogens is 2. The van der Waals surface area contributed by atoms with E-state index in [1.807, 2.05) is 17.9 Å². The van der Waals surface area contributed by atoms with Gasteiger partial charge in [-0.25, -0.2) is 18.7 Å². The van der Waals surface area contributed by atoms with Crippen molar-refractivity contribution in [3.63, 3.8) is 0 Å². The lowest BCUT2D eigenvalue weighted by atomic mass is 10.0. The molecule has 14 heavy (non-hydrogen) atoms. The Morgan fingerprint density at radius 2 is 2.14 bits per heavy atom. The Labute approximate surface area is 80.8 Å². The molecule has 5 heteroatoms. The molecule has 0 atom stereocenters. The Morgan fingerprint density at radius 1 is 1.43 bits per heavy atom. The van der Waals surface area contributed by atoms with Gasteiger partial charge in [-0.1, -0.05) is 0 Å². The first-order valence-electron chi connectivity index (χ1n) is 4.48. The topological polar surface area (TPSA) is 29.0 Å². The van der Waals surface area contributed by atoms with Crippen LogP contribution in [0.5, 0.6) is 0 Å². The van der Waals surface area contributed by atoms with E-state index in [0.29, 0.717) is 13.1 Å². The van der Waals surface area contributed by atoms with E-state index in [1.165, 1.54) is 6.33 Å². The van der Waals surface area contributed by atoms with Crippen molar-refractivity contribution in [3.05, 3.63) is 18.1 Å². The molecular weight excluding hydrogens is 188 g/mol. The zero-order valence-corrected chi connectivity index (χ0v) is 7.82. The van der Waals surface area contributed by atoms with Crippen molar-refractivity contribution in [2.75, 3.05) is 18.0 Å². The largest absolute Gasteiger partial charge is 0.355 e. The van der Waals surface area contributed by atoms with Gasteiger partial charge in [0.15, 0.2) is 0 Å². The highest BCUT2D eigenvalue weighted by atomic mass is 19.3. The van der Waals surface area contributed by atoms with E-state index in [9.17, 15) is 8.78 Å². The van der Waals surface area contributed by atoms with E-state index in [2.05, 4.69) is 9.97 Å². The molecule has 1 aromatic rings. The van der Waals surface area contributed by atoms with E-state index >= 15 is 0 Å². The first-order chi connectivity index (χ1) is 6.66. The molecule has 0 aliphatic carbocycles. The van der Waals surface area contributed by atoms with Gasteiger partial charge in [0.25, 0.3) is 0 Å². The Bertz CT molecular complexity index is 324. The van der Waals surface area contributed by atoms with Crippen LogP contribution in [0, 0.1) is 12.8 Å². The van der Waals surface area contributed by atoms with Gasteiger partial charge in [0, 0.05) is 24.8 Å². The molecule has 76 valence electrons. The minimum Gasteiger partial charge on any atom is -0.355 e. The highest BCUT2D eigenvalue weighted by Crippen LogP contribution is 2.26. The summed E-state index contributed by atoms with van der Waals surface area (Å²) in [6, 6.07) is 1.81. The van der Waals surface area contributed by atoms with E-state index in [-0.39, 0.29) is 0 Å². The van der Waals surface area contributed by atoms with Crippen LogP contribution in [-0.2, 0) is 0 Å². The van der Waals surface area contributed by atoms with Gasteiger partial charge in [0.2, 0.25) is 6.43 Å². The summed E-state index contributed by atoms with van der Waals surface area (Å²) in [6.45, 7) is 2.65. The van der Waals surface area contributed by atoms with Gasteiger partial charge in [0.1, 0.15) is 12.1 Å². The number of halogens is 2. The summed E-state index contributed by atoms with van der Waals surface area (Å²) in [4.78, 5) is 9.81. The zero-order valence-electron chi connectivity index (χ0n) is 7.82. The smallest absolute Gasteiger partial charge is 0.244 e. The predicted octanol–water partition coefficient (Wildman–Crippen LogP) is 1.49. The van der Waals surface area contributed by atoms with E-state index in [1.54, 1.807) is 0 Å². The highest BCUT2D eigenvalue weighted by molar-refractivity contribution is 5.41. The third-order valence-corrected chi connectivity index (χ3v) is 2.38. The third kappa shape index (κ3) is 1.66. The van der Waals surface area contributed by atoms with Crippen LogP contribution in [0.3, 0.4) is 0 Å². The Hall–Kier alpha value is -1.26. The van der Waals surface area contributed by atoms with Crippen molar-refractivity contribution < 1.29 is 8.78 Å². The lowest BCUT2D eigenvalue weighted by Crippen LogP contribution is -2.50. The standard InChI is InChI=1S/C9H11F2N3/c1-6-2-8(13-5-12-6)14-3-7(4-14)9(10)11/h2,5,7,9H,3-4H2,1H3. The second-order valence-electron chi connectivity index (χ2n) is 3.52. The fraction of sp³-hybridized carbons (Fsp3) is 0.556. The molecule has 3 nitrogen and oxygen atoms in total. The number of aryl methyl sites for hydroxylation is 1. The van der Waals surface area contributed by atoms with E-state index in [0.717, 1.165) is 11.5 Å². The van der Waals surface area contributed by atoms with Crippen molar-refractivity contribution in [1.82, 2.24) is 9.97 Å². The van der Waals surface area contributed by atoms with Crippen LogP contribution in [0.15, 0.2) is 12.4 Å². The molecule has 1 aliphatic rings. The molecule has 1 aliphatic heterocycles. The van der Waals surface area contributed by atoms with E-state index in [4.69, 9.17) is 0 Å². The van der Waals surface area contributed by atoms with Crippen LogP contribution in [0.4, 0.5) is 14.6 Å². The van der Waals surface area contributed by atoms with Crippen molar-refractivity contribution in [3.8, 4) is 0 Å². The SMILES string of the molecule is Cc1cc(N2CC(C(F)F)C2)ncn1. The molecule has 0 aromatic carbocycles. The summed E-state index contributed by atoms with van der Waals surface area (Å²) < 4.78 is 24.4. The number of anilines is 1. The fourth-order valence-corrected chi connectivity index (χ4v) is 1.47. The van der Waals surface area contributed by atoms with Gasteiger partial charge < -0.3 is 4.90 Å². The van der Waals surface area contributed by atoms with Gasteiger partial charge in [-0.05, 0) is 6.92 Å². The Kier molecular flexibility index (Phi) is 2.31. The summed E-state index contributed by atoms with van der Waals surface area (Å²) in [5.74, 6) is 0.250. The predicted molar refractivity (Wildman–Crippen MR) is 48.5 cm³/mol. The van der Waals surface area contributed by atoms with Crippen molar-refractivity contribution >= 4 is 5.82 Å². The van der Waals surface area contributed by atoms with Gasteiger partial charge in [0.05, 0.1) is 5.92 Å². The first kappa shape index (κ1) is 9.30. The molecule has 0 N–H and O–H groups in total. The van der Waals surface area contributed by atoms with Gasteiger partial charge in [-0.2, -0.15) is 0 Å². The average Bonchev–Trinajstić information content (AvgIpc) is 2.00. The van der Waals surface area contributed by atoms with Gasteiger partial charge in [-0.15, -0.1) is 0 Å². The number of hydrogen-bond donors (Lipinski definition) is 0. The second-order valence-corrected chi connectivity index (χ2v) is 3.52. The molecule has 0 spiro atoms. The lowest BCUT2D eigenvalue weighted by molar-refractivity contribution is 0.0611. The van der Waals surface area contributed by atoms with Crippen molar-refractivity contribution in [2.45, 2.75) is 13.3 Å². The molecule has 2 rings (SSSR count). The van der Waals surface area contributed by atoms with E-state index < -0.39 is 12.3 Å². The van der Waals surface area contributed by atoms with Crippen LogP contribution < -0.4 is 4.90 Å². The maximum Gasteiger partial charge on any atom is 0.244 e. The van der Waals surface area contributed by atoms with Gasteiger partial charge >= 0.3 is 0 Å². The van der Waals surface area contributed by atoms with Crippen molar-refractivity contribution in [1.29, 1.82) is 0 Å². The zero-order chi connectivity index (χ0) is 10.1. The van der Waals surface area contributed by atoms with Crippen LogP contribution >= 0.6 is 0 Å². The molecular formula is C9H11F2N3. The monoisotopic (exact) mass is 199 g/mol. The minimum atomic E-state index is -2.21. The maximum absolute atomic E-state index is 12.2. The number of alkyl halides is 2. The quantitative estimate of drug-likeness (QED) is 0.722. The summed E-state index contributed by atoms with van der Waals surface area (Å²) in [5.41, 5.74) is 0.857. The number of rotatable bonds is 2. The van der Waals surface area contributed by atoms with Crippen LogP contribution in [0.1, 0.15) is 5.69 Å². The molecule has 0 unspecified atom stereocenters. The molecule has 0 amide bonds. The minimum absolute atomic E-state index is 0.397. The van der Waals surface area contributed by atoms with Crippen LogP contribution in [0.25, 0.3) is 0 Å². The summed E-state index contributed by atoms with van der Waals surface area (Å²) >= 11 is 0. The molecule has 0 radical (unpaired) electrons. The first-order valence-corrected chi connectivity index (χ1v) is 4.48. The molecule has 1 fully saturated rings. The number of hydrogen-bond acceptors (Lipinski definition) is 3. The second kappa shape index (κ2) is 3.48. The van der Waals surface area contributed by atoms with Crippen molar-refractivity contribution in [2.24, 2.45) is 5.92 Å². The molecule has 0 saturated carbocycles. The Morgan fingerprint density at radius 3 is 2.71 bits per heavy atom. The molecule has 1 aromatic heterocycles. The molecule has 2 heterocycles. The maximum atomic E-state index is 12.2. The molecule has 1 saturated heterocycles. The average molecular weight is 199 g/mol. The highest BCUT2D eigenvalue weighted by Gasteiger charge is 2.34. The fourth-order valence-electron chi connectivity index (χ4n) is 1.47. The lowest BCUT2D eigenvalue weighted by Gasteiger charge is -2.39. The summed E-state index contributed by atoms with van der Waals surface area (Å²) in [6.07, 6.45) is -0.755. The molecule has 0 bridgehead atoms. The number of nitrogens with zero attached hydrogens (tertiary/aromatic N) is 3. The summed E-state index contributed by atoms with van der Waals surface area (Å²) in [5, 5.41) is 0. The summed E-state index contributed by atoms with van der Waals surface area (Å²) in [7, 11) is 0. The van der Waals surface area contributed by atoms with Gasteiger partial charge in [-0.3, -0.25) is 0 Å². The van der Waals surface area contributed by atoms with Crippen LogP contribution in [-0.4, -0.2) is 29.5 Å². The normalized spacial score (nSPS) is 17.3. The Balaban J connectivity index is 2.00. The third-order valence-electron chi connectivity index (χ3n) is 2.38. The van der Waals surface area contributed by atoms with Crippen LogP contribution in [0.2, 0.25) is 0 Å².